The first-order valence-corrected chi connectivity index (χ1v) is 56.8. The molecule has 9 atom stereocenters. The number of rotatable bonds is 74. The third kappa shape index (κ3) is 64.9. The minimum atomic E-state index is -0.184. The zero-order valence-electron chi connectivity index (χ0n) is 92.9. The fourth-order valence-corrected chi connectivity index (χ4v) is 19.2. The second-order valence-electron chi connectivity index (χ2n) is 43.3. The highest BCUT2D eigenvalue weighted by molar-refractivity contribution is 8.76. The van der Waals surface area contributed by atoms with Gasteiger partial charge in [-0.25, -0.2) is 0 Å². The molecule has 0 spiro atoms. The number of Topliss-reactive ketones (excluding diaryl/α,β-unsaturated/α-hetero) is 8. The molecule has 4 saturated heterocycles. The highest BCUT2D eigenvalue weighted by Crippen LogP contribution is 2.31. The van der Waals surface area contributed by atoms with Gasteiger partial charge in [-0.2, -0.15) is 0 Å². The fourth-order valence-electron chi connectivity index (χ4n) is 17.1. The molecule has 0 aliphatic carbocycles. The highest BCUT2D eigenvalue weighted by atomic mass is 33.1. The highest BCUT2D eigenvalue weighted by Gasteiger charge is 2.41. The van der Waals surface area contributed by atoms with Crippen LogP contribution in [0.1, 0.15) is 406 Å². The maximum absolute atomic E-state index is 13.0. The van der Waals surface area contributed by atoms with Crippen LogP contribution >= 0.6 is 21.6 Å². The summed E-state index contributed by atoms with van der Waals surface area (Å²) >= 11 is 0. The van der Waals surface area contributed by atoms with Crippen LogP contribution in [0.3, 0.4) is 0 Å². The summed E-state index contributed by atoms with van der Waals surface area (Å²) in [5.74, 6) is 4.28. The number of ether oxygens (including phenoxy) is 8. The number of hydrogen-bond donors (Lipinski definition) is 2. The zero-order chi connectivity index (χ0) is 106. The predicted molar refractivity (Wildman–Crippen MR) is 565 cm³/mol. The molecule has 4 heterocycles. The van der Waals surface area contributed by atoms with E-state index in [4.69, 9.17) is 37.9 Å². The van der Waals surface area contributed by atoms with E-state index >= 15 is 0 Å². The topological polar surface area (TPSA) is 336 Å². The summed E-state index contributed by atoms with van der Waals surface area (Å²) in [6.45, 7) is 61.5. The molecule has 4 aliphatic rings. The van der Waals surface area contributed by atoms with Gasteiger partial charge in [0.25, 0.3) is 0 Å². The number of carbonyl (C=O) groups excluding carboxylic acids is 13. The lowest BCUT2D eigenvalue weighted by Crippen LogP contribution is -2.47. The Bertz CT molecular complexity index is 3480. The third-order valence-electron chi connectivity index (χ3n) is 24.7. The first-order chi connectivity index (χ1) is 65.9. The van der Waals surface area contributed by atoms with E-state index in [1.54, 1.807) is 21.6 Å². The van der Waals surface area contributed by atoms with Crippen molar-refractivity contribution in [1.82, 2.24) is 35.1 Å². The predicted octanol–water partition coefficient (Wildman–Crippen LogP) is 19.3. The lowest BCUT2D eigenvalue weighted by Gasteiger charge is -2.25. The molecule has 140 heavy (non-hydrogen) atoms. The van der Waals surface area contributed by atoms with Crippen LogP contribution in [0.2, 0.25) is 0 Å². The maximum Gasteiger partial charge on any atom is 0.237 e. The van der Waals surface area contributed by atoms with Gasteiger partial charge in [-0.05, 0) is 233 Å². The number of amides is 5. The van der Waals surface area contributed by atoms with Crippen molar-refractivity contribution in [1.29, 1.82) is 0 Å². The monoisotopic (exact) mass is 2020 g/mol. The number of ketones is 8. The Hall–Kier alpha value is -4.99. The SMILES string of the molecule is CC(C)CCC[C@@H](NC(C)C)C(=O)NCCCC(=O)CCCCC(=O)N1C[C@H](OC(C)C)C[C@H]1COC(C)C.CC(C)OC[C@@H]1C[C@@H](OC(C)C)CN1C(=O)CCCCC(=O)CCC(=O)C(C)C.CC(C)OC[C@@H]1C[C@@H](OC(C)C)CN1C(=O)CCCCC(=O)CN(CC(=O)CCCCC(=O)C(C)C)C(C)C.CC(C)OC[C@@H]1C[C@@H](OC(C)C)CN1C(=O)CCCSSCCCC(=O)CCC(=O)C(C)C. The van der Waals surface area contributed by atoms with Crippen molar-refractivity contribution in [2.75, 3.05) is 83.7 Å². The number of unbranched alkanes of at least 4 members (excludes halogenated alkanes) is 4. The molecule has 0 aromatic carbocycles. The van der Waals surface area contributed by atoms with Crippen LogP contribution in [0, 0.1) is 23.7 Å². The van der Waals surface area contributed by atoms with Crippen molar-refractivity contribution in [2.24, 2.45) is 23.7 Å². The maximum atomic E-state index is 13.0. The number of carbonyl (C=O) groups is 13. The summed E-state index contributed by atoms with van der Waals surface area (Å²) in [7, 11) is 3.53. The van der Waals surface area contributed by atoms with Gasteiger partial charge in [0, 0.05) is 170 Å². The quantitative estimate of drug-likeness (QED) is 0.0422. The molecular weight excluding hydrogens is 1820 g/mol. The number of hydrogen-bond acceptors (Lipinski definition) is 25. The minimum Gasteiger partial charge on any atom is -0.377 e. The first-order valence-electron chi connectivity index (χ1n) is 54.3. The second-order valence-corrected chi connectivity index (χ2v) is 46.0. The molecule has 814 valence electrons. The molecule has 0 radical (unpaired) electrons. The Morgan fingerprint density at radius 1 is 0.300 bits per heavy atom. The van der Waals surface area contributed by atoms with E-state index in [2.05, 4.69) is 38.3 Å². The molecule has 5 amide bonds. The van der Waals surface area contributed by atoms with Crippen molar-refractivity contribution in [3.63, 3.8) is 0 Å². The molecule has 0 aromatic rings. The average molecular weight is 2020 g/mol. The van der Waals surface area contributed by atoms with Crippen LogP contribution in [0.25, 0.3) is 0 Å². The molecule has 0 unspecified atom stereocenters. The first kappa shape index (κ1) is 133. The second kappa shape index (κ2) is 76.5. The summed E-state index contributed by atoms with van der Waals surface area (Å²) in [4.78, 5) is 170. The van der Waals surface area contributed by atoms with Gasteiger partial charge in [0.05, 0.1) is 143 Å². The Balaban J connectivity index is 0.000000939. The molecule has 28 nitrogen and oxygen atoms in total. The van der Waals surface area contributed by atoms with Gasteiger partial charge in [-0.1, -0.05) is 104 Å². The van der Waals surface area contributed by atoms with Gasteiger partial charge < -0.3 is 68.1 Å². The van der Waals surface area contributed by atoms with Crippen molar-refractivity contribution < 1.29 is 100 Å². The van der Waals surface area contributed by atoms with Crippen molar-refractivity contribution >= 4 is 97.4 Å². The number of nitrogens with one attached hydrogen (secondary N) is 2. The van der Waals surface area contributed by atoms with Gasteiger partial charge in [0.1, 0.15) is 46.3 Å². The van der Waals surface area contributed by atoms with Crippen molar-refractivity contribution in [3.8, 4) is 0 Å². The number of likely N-dealkylation sites (tertiary alicyclic amines) is 4. The standard InChI is InChI=1S/C31H59N3O5.C31H56N2O6.C25H45NO5S2.C23H41NO5/c1-22(2)13-11-16-29(33-23(3)4)31(37)32-18-12-15-27(35)14-9-10-17-30(36)34-20-28(39-25(7)8)19-26(34)21-38-24(5)6;1-22(2)30(36)15-11-9-13-27(34)18-32(23(3)4)19-28(35)14-10-12-16-31(37)33-20-29(39-25(7)8)17-26(33)21-38-24(5)6;1-18(2)24(28)12-11-22(27)9-7-13-32-33-14-8-10-25(29)26-16-23(31-20(5)6)15-21(26)17-30-19(3)4;1-16(2)22(26)12-11-20(25)9-7-8-10-23(27)24-14-21(29-18(5)6)13-19(24)15-28-17(3)4/h22-26,28-29,33H,9-21H2,1-8H3,(H,32,37);22-26,29H,9-21H2,1-8H3;18-21,23H,7-17H2,1-6H3;16-19,21H,7-15H2,1-6H3/t26-,28+,29+;26-,29+;21-,23+;19-,21+/m0000/s1. The van der Waals surface area contributed by atoms with Crippen LogP contribution in [0.4, 0.5) is 0 Å². The normalized spacial score (nSPS) is 18.6. The van der Waals surface area contributed by atoms with Gasteiger partial charge in [-0.15, -0.1) is 0 Å². The molecule has 0 saturated carbocycles. The van der Waals surface area contributed by atoms with Crippen LogP contribution in [0.15, 0.2) is 0 Å². The molecule has 0 bridgehead atoms. The Morgan fingerprint density at radius 2 is 0.571 bits per heavy atom. The van der Waals surface area contributed by atoms with Crippen LogP contribution < -0.4 is 10.6 Å². The van der Waals surface area contributed by atoms with Gasteiger partial charge >= 0.3 is 0 Å². The van der Waals surface area contributed by atoms with E-state index in [-0.39, 0.29) is 222 Å². The van der Waals surface area contributed by atoms with Gasteiger partial charge in [0.15, 0.2) is 0 Å². The fraction of sp³-hybridized carbons (Fsp3) is 0.882. The van der Waals surface area contributed by atoms with E-state index in [9.17, 15) is 62.3 Å². The molecule has 0 aromatic heterocycles. The molecule has 4 fully saturated rings. The van der Waals surface area contributed by atoms with Gasteiger partial charge in [-0.3, -0.25) is 67.2 Å². The Morgan fingerprint density at radius 3 is 0.864 bits per heavy atom. The molecule has 30 heteroatoms. The number of nitrogens with zero attached hydrogens (tertiary/aromatic N) is 5. The van der Waals surface area contributed by atoms with E-state index < -0.39 is 0 Å². The van der Waals surface area contributed by atoms with E-state index in [0.29, 0.717) is 213 Å². The molecule has 4 aliphatic heterocycles. The minimum absolute atomic E-state index is 0.0103. The van der Waals surface area contributed by atoms with Crippen LogP contribution in [0.5, 0.6) is 0 Å². The lowest BCUT2D eigenvalue weighted by molar-refractivity contribution is -0.134. The van der Waals surface area contributed by atoms with E-state index in [1.807, 2.05) is 191 Å². The summed E-state index contributed by atoms with van der Waals surface area (Å²) in [5.41, 5.74) is 0. The molecule has 4 rings (SSSR count). The third-order valence-corrected chi connectivity index (χ3v) is 27.3. The van der Waals surface area contributed by atoms with E-state index in [0.717, 1.165) is 75.7 Å². The molecule has 2 N–H and O–H groups in total. The molecular formula is C110H201N7O21S2. The van der Waals surface area contributed by atoms with Crippen LogP contribution in [-0.2, 0) is 100 Å². The average Bonchev–Trinajstić information content (AvgIpc) is 1.71. The van der Waals surface area contributed by atoms with Gasteiger partial charge in [0.2, 0.25) is 29.5 Å². The Labute approximate surface area is 856 Å². The summed E-state index contributed by atoms with van der Waals surface area (Å²) in [5, 5.41) is 6.38. The van der Waals surface area contributed by atoms with Crippen LogP contribution in [-0.4, -0.2) is 300 Å². The summed E-state index contributed by atoms with van der Waals surface area (Å²) in [6.07, 6.45) is 21.8. The van der Waals surface area contributed by atoms with E-state index in [1.165, 1.54) is 0 Å². The smallest absolute Gasteiger partial charge is 0.237 e. The lowest BCUT2D eigenvalue weighted by atomic mass is 10.0. The summed E-state index contributed by atoms with van der Waals surface area (Å²) in [6, 6.07) is 0.368. The zero-order valence-corrected chi connectivity index (χ0v) is 94.6. The van der Waals surface area contributed by atoms with Crippen molar-refractivity contribution in [2.45, 2.75) is 521 Å². The largest absolute Gasteiger partial charge is 0.377 e. The van der Waals surface area contributed by atoms with Crippen molar-refractivity contribution in [3.05, 3.63) is 0 Å². The Kier molecular flexibility index (Phi) is 72.7. The summed E-state index contributed by atoms with van der Waals surface area (Å²) < 4.78 is 47.0.